The standard InChI is InChI=1S/C22H26F3N4O8PS/c1-12(2)34-16(30)13(3)28-38(32,37-14-7-5-4-6-8-14)33-11-20-17(35-20)21(31,22(23,24)25)18(36-20)29-10-9-15(26)27-19(29)39/h4-10,12-13,17-18,31H,11H2,1-3H3,(H,28,32)(H2,26,27,39)/t13-,17-,18+,20?,21?,38?/m0/s1. The van der Waals surface area contributed by atoms with Crippen molar-refractivity contribution in [2.24, 2.45) is 0 Å². The number of rotatable bonds is 10. The van der Waals surface area contributed by atoms with Crippen LogP contribution in [0.15, 0.2) is 42.6 Å². The highest BCUT2D eigenvalue weighted by molar-refractivity contribution is 7.71. The van der Waals surface area contributed by atoms with Crippen LogP contribution in [0.5, 0.6) is 5.75 Å². The number of hydrogen-bond acceptors (Lipinski definition) is 11. The number of epoxide rings is 1. The quantitative estimate of drug-likeness (QED) is 0.160. The van der Waals surface area contributed by atoms with E-state index in [-0.39, 0.29) is 11.6 Å². The molecule has 214 valence electrons. The van der Waals surface area contributed by atoms with Crippen molar-refractivity contribution in [2.75, 3.05) is 12.3 Å². The molecule has 12 nitrogen and oxygen atoms in total. The Bertz CT molecular complexity index is 1330. The van der Waals surface area contributed by atoms with E-state index in [4.69, 9.17) is 41.2 Å². The maximum absolute atomic E-state index is 14.2. The fourth-order valence-corrected chi connectivity index (χ4v) is 5.67. The molecule has 1 aromatic carbocycles. The van der Waals surface area contributed by atoms with Gasteiger partial charge >= 0.3 is 19.9 Å². The van der Waals surface area contributed by atoms with Gasteiger partial charge in [-0.2, -0.15) is 18.3 Å². The van der Waals surface area contributed by atoms with E-state index in [0.717, 1.165) is 10.8 Å². The molecule has 2 fully saturated rings. The molecule has 3 heterocycles. The molecule has 0 bridgehead atoms. The molecule has 17 heteroatoms. The Hall–Kier alpha value is -2.59. The minimum atomic E-state index is -5.26. The summed E-state index contributed by atoms with van der Waals surface area (Å²) >= 11 is 5.01. The van der Waals surface area contributed by atoms with Crippen LogP contribution in [0.2, 0.25) is 0 Å². The summed E-state index contributed by atoms with van der Waals surface area (Å²) in [5, 5.41) is 13.3. The fraction of sp³-hybridized carbons (Fsp3) is 0.500. The van der Waals surface area contributed by atoms with Gasteiger partial charge in [-0.25, -0.2) is 9.55 Å². The first-order valence-corrected chi connectivity index (χ1v) is 13.5. The number of nitrogens with one attached hydrogen (secondary N) is 1. The highest BCUT2D eigenvalue weighted by Gasteiger charge is 2.85. The molecular formula is C22H26F3N4O8PS. The molecule has 0 radical (unpaired) electrons. The second-order valence-corrected chi connectivity index (χ2v) is 11.2. The molecule has 6 atom stereocenters. The number of esters is 1. The number of nitrogens with zero attached hydrogens (tertiary/aromatic N) is 2. The van der Waals surface area contributed by atoms with Gasteiger partial charge in [-0.05, 0) is 51.2 Å². The molecule has 1 aromatic heterocycles. The van der Waals surface area contributed by atoms with E-state index in [9.17, 15) is 27.6 Å². The number of fused-ring (bicyclic) bond motifs is 1. The predicted molar refractivity (Wildman–Crippen MR) is 131 cm³/mol. The van der Waals surface area contributed by atoms with Crippen LogP contribution in [0, 0.1) is 4.77 Å². The first-order chi connectivity index (χ1) is 18.1. The number of benzene rings is 1. The number of hydrogen-bond donors (Lipinski definition) is 3. The number of ether oxygens (including phenoxy) is 3. The lowest BCUT2D eigenvalue weighted by atomic mass is 9.96. The second-order valence-electron chi connectivity index (χ2n) is 9.16. The van der Waals surface area contributed by atoms with Crippen molar-refractivity contribution in [3.63, 3.8) is 0 Å². The lowest BCUT2D eigenvalue weighted by Gasteiger charge is -2.33. The Morgan fingerprint density at radius 3 is 2.54 bits per heavy atom. The molecule has 2 aliphatic heterocycles. The largest absolute Gasteiger partial charge is 0.462 e. The number of aliphatic hydroxyl groups is 1. The van der Waals surface area contributed by atoms with Crippen molar-refractivity contribution >= 4 is 31.8 Å². The number of halogens is 3. The van der Waals surface area contributed by atoms with Gasteiger partial charge in [0.25, 0.3) is 0 Å². The fourth-order valence-electron chi connectivity index (χ4n) is 3.90. The molecule has 4 rings (SSSR count). The van der Waals surface area contributed by atoms with Crippen molar-refractivity contribution in [2.45, 2.75) is 62.8 Å². The minimum absolute atomic E-state index is 0.0561. The van der Waals surface area contributed by atoms with Gasteiger partial charge in [-0.3, -0.25) is 13.9 Å². The van der Waals surface area contributed by atoms with Crippen molar-refractivity contribution in [1.29, 1.82) is 0 Å². The molecule has 3 unspecified atom stereocenters. The Balaban J connectivity index is 1.60. The summed E-state index contributed by atoms with van der Waals surface area (Å²) in [4.78, 5) is 16.1. The zero-order chi connectivity index (χ0) is 28.8. The van der Waals surface area contributed by atoms with Gasteiger partial charge in [-0.1, -0.05) is 18.2 Å². The monoisotopic (exact) mass is 594 g/mol. The number of nitrogen functional groups attached to an aromatic ring is 1. The summed E-state index contributed by atoms with van der Waals surface area (Å²) in [6.45, 7) is 3.67. The smallest absolute Gasteiger partial charge is 0.459 e. The summed E-state index contributed by atoms with van der Waals surface area (Å²) in [7, 11) is -4.48. The van der Waals surface area contributed by atoms with E-state index in [0.29, 0.717) is 0 Å². The molecular weight excluding hydrogens is 568 g/mol. The van der Waals surface area contributed by atoms with Gasteiger partial charge < -0.3 is 29.6 Å². The molecule has 0 amide bonds. The number of para-hydroxylation sites is 1. The van der Waals surface area contributed by atoms with Gasteiger partial charge in [0, 0.05) is 6.20 Å². The molecule has 39 heavy (non-hydrogen) atoms. The first kappa shape index (κ1) is 29.4. The number of nitrogens with two attached hydrogens (primary N) is 1. The normalized spacial score (nSPS) is 28.4. The summed E-state index contributed by atoms with van der Waals surface area (Å²) in [6, 6.07) is 7.68. The van der Waals surface area contributed by atoms with Crippen LogP contribution < -0.4 is 15.3 Å². The second kappa shape index (κ2) is 10.4. The third kappa shape index (κ3) is 5.82. The van der Waals surface area contributed by atoms with Crippen molar-refractivity contribution in [3.05, 3.63) is 47.4 Å². The van der Waals surface area contributed by atoms with Crippen LogP contribution in [-0.4, -0.2) is 63.0 Å². The highest BCUT2D eigenvalue weighted by Crippen LogP contribution is 2.63. The number of aromatic nitrogens is 2. The summed E-state index contributed by atoms with van der Waals surface area (Å²) < 4.78 is 83.3. The molecule has 0 saturated carbocycles. The topological polar surface area (TPSA) is 160 Å². The number of alkyl halides is 3. The lowest BCUT2D eigenvalue weighted by molar-refractivity contribution is -0.316. The van der Waals surface area contributed by atoms with Crippen LogP contribution in [0.25, 0.3) is 0 Å². The third-order valence-corrected chi connectivity index (χ3v) is 7.69. The van der Waals surface area contributed by atoms with Gasteiger partial charge in [-0.15, -0.1) is 0 Å². The van der Waals surface area contributed by atoms with Crippen LogP contribution >= 0.6 is 20.0 Å². The van der Waals surface area contributed by atoms with Crippen molar-refractivity contribution < 1.29 is 50.9 Å². The van der Waals surface area contributed by atoms with Crippen LogP contribution in [-0.2, 0) is 28.1 Å². The average molecular weight is 595 g/mol. The SMILES string of the molecule is CC(C)OC(=O)[C@H](C)NP(=O)(OCC12O[C@@H](n3ccc(N)nc3=S)C(O)(C(F)(F)F)[C@H]1O2)Oc1ccccc1. The van der Waals surface area contributed by atoms with E-state index in [1.54, 1.807) is 32.0 Å². The zero-order valence-electron chi connectivity index (χ0n) is 20.8. The lowest BCUT2D eigenvalue weighted by Crippen LogP contribution is -2.54. The molecule has 2 aliphatic rings. The van der Waals surface area contributed by atoms with Gasteiger partial charge in [0.05, 0.1) is 6.10 Å². The van der Waals surface area contributed by atoms with Gasteiger partial charge in [0.15, 0.2) is 12.3 Å². The molecule has 0 aliphatic carbocycles. The first-order valence-electron chi connectivity index (χ1n) is 11.6. The predicted octanol–water partition coefficient (Wildman–Crippen LogP) is 3.25. The third-order valence-electron chi connectivity index (χ3n) is 5.77. The zero-order valence-corrected chi connectivity index (χ0v) is 22.5. The Labute approximate surface area is 225 Å². The number of anilines is 1. The Kier molecular flexibility index (Phi) is 7.86. The molecule has 2 aromatic rings. The molecule has 4 N–H and O–H groups in total. The van der Waals surface area contributed by atoms with E-state index < -0.39 is 67.1 Å². The summed E-state index contributed by atoms with van der Waals surface area (Å²) in [5.41, 5.74) is 1.96. The Morgan fingerprint density at radius 2 is 1.95 bits per heavy atom. The summed E-state index contributed by atoms with van der Waals surface area (Å²) in [5.74, 6) is -2.96. The van der Waals surface area contributed by atoms with Crippen LogP contribution in [0.1, 0.15) is 27.0 Å². The maximum atomic E-state index is 14.2. The number of carbonyl (C=O) groups excluding carboxylic acids is 1. The van der Waals surface area contributed by atoms with Crippen molar-refractivity contribution in [1.82, 2.24) is 14.6 Å². The molecule has 0 spiro atoms. The van der Waals surface area contributed by atoms with E-state index in [1.165, 1.54) is 25.1 Å². The van der Waals surface area contributed by atoms with Crippen LogP contribution in [0.4, 0.5) is 19.0 Å². The van der Waals surface area contributed by atoms with E-state index in [2.05, 4.69) is 10.1 Å². The van der Waals surface area contributed by atoms with Crippen molar-refractivity contribution in [3.8, 4) is 5.75 Å². The van der Waals surface area contributed by atoms with Crippen LogP contribution in [0.3, 0.4) is 0 Å². The number of carbonyl (C=O) groups is 1. The van der Waals surface area contributed by atoms with E-state index >= 15 is 0 Å². The average Bonchev–Trinajstić information content (AvgIpc) is 3.49. The maximum Gasteiger partial charge on any atom is 0.459 e. The van der Waals surface area contributed by atoms with E-state index in [1.807, 2.05) is 0 Å². The summed E-state index contributed by atoms with van der Waals surface area (Å²) in [6.07, 6.45) is -8.77. The minimum Gasteiger partial charge on any atom is -0.462 e. The van der Waals surface area contributed by atoms with Gasteiger partial charge in [0.2, 0.25) is 16.2 Å². The van der Waals surface area contributed by atoms with Gasteiger partial charge in [0.1, 0.15) is 24.2 Å². The molecule has 2 saturated heterocycles. The highest BCUT2D eigenvalue weighted by atomic mass is 32.1. The Morgan fingerprint density at radius 1 is 1.28 bits per heavy atom.